The highest BCUT2D eigenvalue weighted by atomic mass is 32.2. The van der Waals surface area contributed by atoms with Crippen molar-refractivity contribution in [2.75, 3.05) is 21.3 Å². The lowest BCUT2D eigenvalue weighted by atomic mass is 10.1. The molecule has 1 atom stereocenters. The fourth-order valence-corrected chi connectivity index (χ4v) is 4.83. The number of alkyl halides is 3. The van der Waals surface area contributed by atoms with Crippen LogP contribution in [0.15, 0.2) is 65.6 Å². The number of carbonyl (C=O) groups is 1. The zero-order chi connectivity index (χ0) is 29.7. The summed E-state index contributed by atoms with van der Waals surface area (Å²) in [6.45, 7) is 3.85. The quantitative estimate of drug-likeness (QED) is 0.259. The smallest absolute Gasteiger partial charge is 0.416 e. The maximum absolute atomic E-state index is 13.6. The molecule has 0 heterocycles. The molecule has 12 heteroatoms. The van der Waals surface area contributed by atoms with Crippen LogP contribution in [0, 0.1) is 0 Å². The molecule has 0 aliphatic carbocycles. The summed E-state index contributed by atoms with van der Waals surface area (Å²) in [6, 6.07) is 12.3. The van der Waals surface area contributed by atoms with Gasteiger partial charge < -0.3 is 23.3 Å². The van der Waals surface area contributed by atoms with Crippen molar-refractivity contribution in [2.45, 2.75) is 43.9 Å². The molecule has 8 nitrogen and oxygen atoms in total. The predicted molar refractivity (Wildman–Crippen MR) is 141 cm³/mol. The Morgan fingerprint density at radius 1 is 0.900 bits per heavy atom. The zero-order valence-electron chi connectivity index (χ0n) is 22.6. The summed E-state index contributed by atoms with van der Waals surface area (Å²) >= 11 is 0. The molecule has 1 unspecified atom stereocenters. The van der Waals surface area contributed by atoms with Gasteiger partial charge in [-0.1, -0.05) is 19.1 Å². The fraction of sp³-hybridized carbons (Fsp3) is 0.321. The molecule has 0 bridgehead atoms. The van der Waals surface area contributed by atoms with Crippen LogP contribution in [0.3, 0.4) is 0 Å². The Labute approximate surface area is 231 Å². The average Bonchev–Trinajstić information content (AvgIpc) is 2.94. The number of hydrogen-bond donors (Lipinski definition) is 0. The van der Waals surface area contributed by atoms with E-state index < -0.39 is 26.8 Å². The number of hydrogen-bond acceptors (Lipinski definition) is 7. The van der Waals surface area contributed by atoms with Crippen LogP contribution >= 0.6 is 0 Å². The summed E-state index contributed by atoms with van der Waals surface area (Å²) in [5.41, 5.74) is -0.327. The number of nitrogens with zero attached hydrogens (tertiary/aromatic N) is 1. The Morgan fingerprint density at radius 2 is 1.60 bits per heavy atom. The first kappa shape index (κ1) is 30.6. The minimum Gasteiger partial charge on any atom is -0.497 e. The minimum atomic E-state index is -4.73. The lowest BCUT2D eigenvalue weighted by Crippen LogP contribution is -2.38. The van der Waals surface area contributed by atoms with E-state index in [1.54, 1.807) is 29.2 Å². The van der Waals surface area contributed by atoms with Crippen molar-refractivity contribution in [1.82, 2.24) is 4.90 Å². The Bertz CT molecular complexity index is 1460. The minimum absolute atomic E-state index is 0.0394. The molecule has 216 valence electrons. The number of benzene rings is 3. The van der Waals surface area contributed by atoms with Gasteiger partial charge in [-0.15, -0.1) is 0 Å². The number of methoxy groups -OCH3 is 3. The van der Waals surface area contributed by atoms with E-state index in [4.69, 9.17) is 18.4 Å². The van der Waals surface area contributed by atoms with Gasteiger partial charge in [-0.05, 0) is 61.4 Å². The van der Waals surface area contributed by atoms with Gasteiger partial charge in [0.1, 0.15) is 16.4 Å². The molecule has 3 aromatic carbocycles. The molecule has 0 N–H and O–H groups in total. The van der Waals surface area contributed by atoms with Gasteiger partial charge in [-0.2, -0.15) is 21.6 Å². The third kappa shape index (κ3) is 6.98. The van der Waals surface area contributed by atoms with E-state index in [1.165, 1.54) is 33.5 Å². The monoisotopic (exact) mass is 581 g/mol. The van der Waals surface area contributed by atoms with E-state index in [0.29, 0.717) is 35.1 Å². The third-order valence-electron chi connectivity index (χ3n) is 6.25. The number of amides is 1. The van der Waals surface area contributed by atoms with Gasteiger partial charge in [0.05, 0.1) is 32.5 Å². The van der Waals surface area contributed by atoms with Crippen molar-refractivity contribution < 1.29 is 44.8 Å². The molecule has 0 aliphatic heterocycles. The summed E-state index contributed by atoms with van der Waals surface area (Å²) in [7, 11) is -0.424. The van der Waals surface area contributed by atoms with Crippen LogP contribution < -0.4 is 18.4 Å². The molecule has 0 aromatic heterocycles. The number of halogens is 3. The van der Waals surface area contributed by atoms with Crippen molar-refractivity contribution in [3.63, 3.8) is 0 Å². The normalized spacial score (nSPS) is 12.4. The van der Waals surface area contributed by atoms with E-state index in [-0.39, 0.29) is 30.0 Å². The Kier molecular flexibility index (Phi) is 9.56. The highest BCUT2D eigenvalue weighted by Gasteiger charge is 2.32. The van der Waals surface area contributed by atoms with E-state index in [1.807, 2.05) is 13.8 Å². The van der Waals surface area contributed by atoms with Crippen molar-refractivity contribution in [2.24, 2.45) is 0 Å². The first-order chi connectivity index (χ1) is 18.8. The molecule has 0 fully saturated rings. The van der Waals surface area contributed by atoms with Crippen molar-refractivity contribution in [1.29, 1.82) is 0 Å². The molecule has 0 spiro atoms. The predicted octanol–water partition coefficient (Wildman–Crippen LogP) is 5.94. The summed E-state index contributed by atoms with van der Waals surface area (Å²) in [6.07, 6.45) is -4.12. The van der Waals surface area contributed by atoms with Gasteiger partial charge >= 0.3 is 16.3 Å². The second-order valence-corrected chi connectivity index (χ2v) is 10.4. The van der Waals surface area contributed by atoms with Crippen molar-refractivity contribution in [3.05, 3.63) is 77.4 Å². The zero-order valence-corrected chi connectivity index (χ0v) is 23.4. The Morgan fingerprint density at radius 3 is 2.20 bits per heavy atom. The molecular weight excluding hydrogens is 551 g/mol. The molecule has 0 aliphatic rings. The van der Waals surface area contributed by atoms with Gasteiger partial charge in [-0.3, -0.25) is 4.79 Å². The summed E-state index contributed by atoms with van der Waals surface area (Å²) in [5, 5.41) is 0. The topological polar surface area (TPSA) is 91.4 Å². The number of ether oxygens (including phenoxy) is 3. The van der Waals surface area contributed by atoms with Crippen LogP contribution in [-0.2, 0) is 22.8 Å². The first-order valence-electron chi connectivity index (χ1n) is 12.2. The van der Waals surface area contributed by atoms with Gasteiger partial charge in [0.25, 0.3) is 5.91 Å². The standard InChI is InChI=1S/C28H30F3NO7S/c1-6-18(2)32(27(33)23-12-11-21(36-3)16-25(23)38-5)17-19-10-13-24(37-4)26(14-19)39-40(34,35)22-9-7-8-20(15-22)28(29,30)31/h7-16,18H,6,17H2,1-5H3. The molecular formula is C28H30F3NO7S. The fourth-order valence-electron chi connectivity index (χ4n) is 3.85. The summed E-state index contributed by atoms with van der Waals surface area (Å²) < 4.78 is 86.3. The van der Waals surface area contributed by atoms with Gasteiger partial charge in [0.15, 0.2) is 11.5 Å². The second-order valence-electron chi connectivity index (χ2n) is 8.80. The van der Waals surface area contributed by atoms with Crippen LogP contribution in [0.4, 0.5) is 13.2 Å². The molecule has 0 saturated carbocycles. The molecule has 3 aromatic rings. The Balaban J connectivity index is 1.97. The number of carbonyl (C=O) groups excluding carboxylic acids is 1. The average molecular weight is 582 g/mol. The molecule has 40 heavy (non-hydrogen) atoms. The lowest BCUT2D eigenvalue weighted by molar-refractivity contribution is -0.137. The third-order valence-corrected chi connectivity index (χ3v) is 7.48. The highest BCUT2D eigenvalue weighted by Crippen LogP contribution is 2.34. The van der Waals surface area contributed by atoms with E-state index in [2.05, 4.69) is 0 Å². The van der Waals surface area contributed by atoms with E-state index in [0.717, 1.165) is 18.2 Å². The first-order valence-corrected chi connectivity index (χ1v) is 13.6. The second kappa shape index (κ2) is 12.5. The lowest BCUT2D eigenvalue weighted by Gasteiger charge is -2.29. The van der Waals surface area contributed by atoms with E-state index >= 15 is 0 Å². The van der Waals surface area contributed by atoms with Crippen LogP contribution in [0.1, 0.15) is 41.8 Å². The summed E-state index contributed by atoms with van der Waals surface area (Å²) in [4.78, 5) is 14.6. The van der Waals surface area contributed by atoms with E-state index in [9.17, 15) is 26.4 Å². The number of rotatable bonds is 11. The van der Waals surface area contributed by atoms with Crippen LogP contribution in [0.2, 0.25) is 0 Å². The maximum Gasteiger partial charge on any atom is 0.416 e. The van der Waals surface area contributed by atoms with Crippen LogP contribution in [-0.4, -0.2) is 46.6 Å². The largest absolute Gasteiger partial charge is 0.497 e. The maximum atomic E-state index is 13.6. The molecule has 1 amide bonds. The van der Waals surface area contributed by atoms with Gasteiger partial charge in [0, 0.05) is 18.7 Å². The summed E-state index contributed by atoms with van der Waals surface area (Å²) in [5.74, 6) is 0.309. The highest BCUT2D eigenvalue weighted by molar-refractivity contribution is 7.87. The SMILES string of the molecule is CCC(C)N(Cc1ccc(OC)c(OS(=O)(=O)c2cccc(C(F)(F)F)c2)c1)C(=O)c1ccc(OC)cc1OC. The van der Waals surface area contributed by atoms with Gasteiger partial charge in [-0.25, -0.2) is 0 Å². The van der Waals surface area contributed by atoms with Crippen molar-refractivity contribution >= 4 is 16.0 Å². The van der Waals surface area contributed by atoms with Crippen LogP contribution in [0.25, 0.3) is 0 Å². The van der Waals surface area contributed by atoms with Crippen molar-refractivity contribution in [3.8, 4) is 23.0 Å². The molecule has 3 rings (SSSR count). The van der Waals surface area contributed by atoms with Gasteiger partial charge in [0.2, 0.25) is 0 Å². The Hall–Kier alpha value is -3.93. The molecule has 0 saturated heterocycles. The molecule has 0 radical (unpaired) electrons. The van der Waals surface area contributed by atoms with Crippen LogP contribution in [0.5, 0.6) is 23.0 Å².